The second kappa shape index (κ2) is 9.87. The first-order valence-corrected chi connectivity index (χ1v) is 7.37. The van der Waals surface area contributed by atoms with Crippen LogP contribution in [0.3, 0.4) is 0 Å². The van der Waals surface area contributed by atoms with Crippen molar-refractivity contribution in [2.45, 2.75) is 46.5 Å². The zero-order chi connectivity index (χ0) is 16.4. The molecule has 0 aliphatic heterocycles. The van der Waals surface area contributed by atoms with Crippen LogP contribution in [-0.2, 0) is 0 Å². The molecule has 2 nitrogen and oxygen atoms in total. The summed E-state index contributed by atoms with van der Waals surface area (Å²) in [5, 5.41) is 19.8. The standard InChI is InChI=1S/C19H28O2/c1-7-9-14(3)11-12-19(21)16(5)18(17(6)20)13-15(4)10-8-2/h11-13,20-21H,3-4,6-10H2,1-2,5H3/b12-11-,18-13-,19-16-. The van der Waals surface area contributed by atoms with Gasteiger partial charge < -0.3 is 10.2 Å². The Bertz CT molecular complexity index is 488. The van der Waals surface area contributed by atoms with E-state index in [1.807, 2.05) is 0 Å². The molecular formula is C19H28O2. The molecule has 0 saturated carbocycles. The van der Waals surface area contributed by atoms with E-state index in [1.54, 1.807) is 25.2 Å². The predicted molar refractivity (Wildman–Crippen MR) is 92.4 cm³/mol. The fourth-order valence-electron chi connectivity index (χ4n) is 1.87. The van der Waals surface area contributed by atoms with Gasteiger partial charge in [0.05, 0.1) is 0 Å². The van der Waals surface area contributed by atoms with Crippen LogP contribution in [0.4, 0.5) is 0 Å². The summed E-state index contributed by atoms with van der Waals surface area (Å²) in [6, 6.07) is 0. The minimum Gasteiger partial charge on any atom is -0.508 e. The third-order valence-electron chi connectivity index (χ3n) is 3.07. The molecule has 0 aromatic rings. The quantitative estimate of drug-likeness (QED) is 0.398. The minimum atomic E-state index is -0.0721. The zero-order valence-corrected chi connectivity index (χ0v) is 13.6. The van der Waals surface area contributed by atoms with E-state index >= 15 is 0 Å². The molecule has 0 aliphatic carbocycles. The van der Waals surface area contributed by atoms with Gasteiger partial charge in [0.1, 0.15) is 11.5 Å². The minimum absolute atomic E-state index is 0.0721. The summed E-state index contributed by atoms with van der Waals surface area (Å²) in [4.78, 5) is 0. The Morgan fingerprint density at radius 3 is 1.90 bits per heavy atom. The van der Waals surface area contributed by atoms with Crippen molar-refractivity contribution in [1.29, 1.82) is 0 Å². The lowest BCUT2D eigenvalue weighted by Gasteiger charge is -2.09. The van der Waals surface area contributed by atoms with Crippen molar-refractivity contribution in [3.63, 3.8) is 0 Å². The predicted octanol–water partition coefficient (Wildman–Crippen LogP) is 6.09. The summed E-state index contributed by atoms with van der Waals surface area (Å²) in [6.07, 6.45) is 8.90. The van der Waals surface area contributed by atoms with E-state index in [-0.39, 0.29) is 11.5 Å². The molecule has 21 heavy (non-hydrogen) atoms. The van der Waals surface area contributed by atoms with Gasteiger partial charge in [-0.1, -0.05) is 63.6 Å². The third kappa shape index (κ3) is 7.40. The lowest BCUT2D eigenvalue weighted by Crippen LogP contribution is -1.95. The SMILES string of the molecule is C=C(\C=C/C(O)=C(C)/C(=C/C(=C)CCC)C(=C)O)CCC. The van der Waals surface area contributed by atoms with Crippen molar-refractivity contribution < 1.29 is 10.2 Å². The Balaban J connectivity index is 5.32. The summed E-state index contributed by atoms with van der Waals surface area (Å²) in [7, 11) is 0. The molecule has 0 radical (unpaired) electrons. The van der Waals surface area contributed by atoms with Crippen molar-refractivity contribution in [3.05, 3.63) is 71.8 Å². The molecule has 0 unspecified atom stereocenters. The molecule has 0 heterocycles. The normalized spacial score (nSPS) is 13.2. The third-order valence-corrected chi connectivity index (χ3v) is 3.07. The highest BCUT2D eigenvalue weighted by atomic mass is 16.3. The van der Waals surface area contributed by atoms with Gasteiger partial charge >= 0.3 is 0 Å². The molecule has 0 rings (SSSR count). The largest absolute Gasteiger partial charge is 0.508 e. The maximum Gasteiger partial charge on any atom is 0.119 e. The first kappa shape index (κ1) is 19.0. The van der Waals surface area contributed by atoms with Crippen LogP contribution in [0.15, 0.2) is 71.8 Å². The Morgan fingerprint density at radius 2 is 1.43 bits per heavy atom. The molecular weight excluding hydrogens is 260 g/mol. The zero-order valence-electron chi connectivity index (χ0n) is 13.6. The number of aliphatic hydroxyl groups is 2. The molecule has 0 bridgehead atoms. The van der Waals surface area contributed by atoms with Gasteiger partial charge in [0, 0.05) is 11.1 Å². The van der Waals surface area contributed by atoms with Crippen molar-refractivity contribution in [3.8, 4) is 0 Å². The van der Waals surface area contributed by atoms with Gasteiger partial charge in [-0.15, -0.1) is 0 Å². The number of rotatable bonds is 9. The lowest BCUT2D eigenvalue weighted by molar-refractivity contribution is 0.413. The molecule has 0 spiro atoms. The second-order valence-electron chi connectivity index (χ2n) is 5.16. The Morgan fingerprint density at radius 1 is 0.905 bits per heavy atom. The van der Waals surface area contributed by atoms with Crippen LogP contribution < -0.4 is 0 Å². The van der Waals surface area contributed by atoms with E-state index < -0.39 is 0 Å². The van der Waals surface area contributed by atoms with E-state index in [2.05, 4.69) is 33.6 Å². The molecule has 0 fully saturated rings. The van der Waals surface area contributed by atoms with Gasteiger partial charge in [-0.2, -0.15) is 0 Å². The van der Waals surface area contributed by atoms with Crippen LogP contribution in [-0.4, -0.2) is 10.2 Å². The fraction of sp³-hybridized carbons (Fsp3) is 0.368. The summed E-state index contributed by atoms with van der Waals surface area (Å²) >= 11 is 0. The number of allylic oxidation sites excluding steroid dienone is 6. The first-order valence-electron chi connectivity index (χ1n) is 7.37. The fourth-order valence-corrected chi connectivity index (χ4v) is 1.87. The first-order chi connectivity index (χ1) is 9.83. The summed E-state index contributed by atoms with van der Waals surface area (Å²) in [6.45, 7) is 17.3. The van der Waals surface area contributed by atoms with Gasteiger partial charge in [-0.25, -0.2) is 0 Å². The van der Waals surface area contributed by atoms with Crippen LogP contribution in [0.2, 0.25) is 0 Å². The topological polar surface area (TPSA) is 40.5 Å². The summed E-state index contributed by atoms with van der Waals surface area (Å²) < 4.78 is 0. The Labute approximate surface area is 129 Å². The van der Waals surface area contributed by atoms with Crippen LogP contribution in [0, 0.1) is 0 Å². The molecule has 0 saturated heterocycles. The molecule has 2 heteroatoms. The molecule has 0 aliphatic rings. The molecule has 0 atom stereocenters. The van der Waals surface area contributed by atoms with Gasteiger partial charge in [-0.3, -0.25) is 0 Å². The number of aliphatic hydroxyl groups excluding tert-OH is 2. The molecule has 0 aromatic heterocycles. The van der Waals surface area contributed by atoms with Gasteiger partial charge in [0.2, 0.25) is 0 Å². The monoisotopic (exact) mass is 288 g/mol. The van der Waals surface area contributed by atoms with Crippen molar-refractivity contribution in [1.82, 2.24) is 0 Å². The average molecular weight is 288 g/mol. The maximum atomic E-state index is 10.1. The highest BCUT2D eigenvalue weighted by molar-refractivity contribution is 5.48. The van der Waals surface area contributed by atoms with E-state index in [1.165, 1.54) is 0 Å². The highest BCUT2D eigenvalue weighted by Crippen LogP contribution is 2.22. The summed E-state index contributed by atoms with van der Waals surface area (Å²) in [5.41, 5.74) is 2.94. The van der Waals surface area contributed by atoms with Crippen LogP contribution in [0.5, 0.6) is 0 Å². The van der Waals surface area contributed by atoms with Crippen LogP contribution in [0.25, 0.3) is 0 Å². The summed E-state index contributed by atoms with van der Waals surface area (Å²) in [5.74, 6) is 0.0232. The number of hydrogen-bond acceptors (Lipinski definition) is 2. The smallest absolute Gasteiger partial charge is 0.119 e. The van der Waals surface area contributed by atoms with Crippen molar-refractivity contribution in [2.75, 3.05) is 0 Å². The maximum absolute atomic E-state index is 10.1. The molecule has 2 N–H and O–H groups in total. The second-order valence-corrected chi connectivity index (χ2v) is 5.16. The van der Waals surface area contributed by atoms with Gasteiger partial charge in [-0.05, 0) is 31.9 Å². The molecule has 116 valence electrons. The van der Waals surface area contributed by atoms with E-state index in [0.29, 0.717) is 11.1 Å². The van der Waals surface area contributed by atoms with Crippen LogP contribution in [0.1, 0.15) is 46.5 Å². The lowest BCUT2D eigenvalue weighted by atomic mass is 10.00. The van der Waals surface area contributed by atoms with Crippen molar-refractivity contribution >= 4 is 0 Å². The molecule has 0 amide bonds. The van der Waals surface area contributed by atoms with E-state index in [4.69, 9.17) is 0 Å². The van der Waals surface area contributed by atoms with Crippen LogP contribution >= 0.6 is 0 Å². The van der Waals surface area contributed by atoms with Gasteiger partial charge in [0.15, 0.2) is 0 Å². The van der Waals surface area contributed by atoms with E-state index in [0.717, 1.165) is 36.8 Å². The molecule has 0 aromatic carbocycles. The van der Waals surface area contributed by atoms with Gasteiger partial charge in [0.25, 0.3) is 0 Å². The Hall–Kier alpha value is -1.96. The average Bonchev–Trinajstić information content (AvgIpc) is 2.41. The number of hydrogen-bond donors (Lipinski definition) is 2. The van der Waals surface area contributed by atoms with E-state index in [9.17, 15) is 10.2 Å². The highest BCUT2D eigenvalue weighted by Gasteiger charge is 2.08. The van der Waals surface area contributed by atoms with Crippen molar-refractivity contribution in [2.24, 2.45) is 0 Å². The Kier molecular flexibility index (Phi) is 8.95.